The molecule has 0 aromatic rings. The fourth-order valence-corrected chi connectivity index (χ4v) is 2.07. The number of carbonyl (C=O) groups excluding carboxylic acids is 1. The van der Waals surface area contributed by atoms with E-state index < -0.39 is 18.6 Å². The summed E-state index contributed by atoms with van der Waals surface area (Å²) in [5.74, 6) is -0.415. The Hall–Kier alpha value is -0.820. The molecule has 1 rings (SSSR count). The van der Waals surface area contributed by atoms with E-state index in [1.54, 1.807) is 0 Å². The predicted octanol–water partition coefficient (Wildman–Crippen LogP) is 0.939. The van der Waals surface area contributed by atoms with Crippen LogP contribution in [0.1, 0.15) is 13.8 Å². The van der Waals surface area contributed by atoms with Gasteiger partial charge in [0.2, 0.25) is 5.91 Å². The van der Waals surface area contributed by atoms with Gasteiger partial charge in [0, 0.05) is 32.7 Å². The third kappa shape index (κ3) is 6.77. The SMILES string of the molecule is CC(C)CN(CC(F)(F)F)C(=O)CN1CCNCC1. The molecule has 4 nitrogen and oxygen atoms in total. The average molecular weight is 281 g/mol. The molecule has 0 aromatic heterocycles. The van der Waals surface area contributed by atoms with Gasteiger partial charge in [-0.05, 0) is 5.92 Å². The molecular formula is C12H22F3N3O. The molecule has 0 aromatic carbocycles. The van der Waals surface area contributed by atoms with Crippen molar-refractivity contribution in [3.8, 4) is 0 Å². The molecule has 112 valence electrons. The minimum absolute atomic E-state index is 0.0225. The van der Waals surface area contributed by atoms with Crippen molar-refractivity contribution >= 4 is 5.91 Å². The van der Waals surface area contributed by atoms with Gasteiger partial charge in [0.25, 0.3) is 0 Å². The molecule has 1 fully saturated rings. The van der Waals surface area contributed by atoms with Crippen LogP contribution in [0, 0.1) is 5.92 Å². The Morgan fingerprint density at radius 1 is 1.32 bits per heavy atom. The third-order valence-electron chi connectivity index (χ3n) is 2.88. The van der Waals surface area contributed by atoms with Gasteiger partial charge in [-0.1, -0.05) is 13.8 Å². The number of nitrogens with one attached hydrogen (secondary N) is 1. The lowest BCUT2D eigenvalue weighted by Crippen LogP contribution is -2.50. The van der Waals surface area contributed by atoms with Crippen LogP contribution in [-0.4, -0.2) is 67.7 Å². The van der Waals surface area contributed by atoms with E-state index in [9.17, 15) is 18.0 Å². The summed E-state index contributed by atoms with van der Waals surface area (Å²) >= 11 is 0. The van der Waals surface area contributed by atoms with Gasteiger partial charge in [0.15, 0.2) is 0 Å². The minimum atomic E-state index is -4.34. The van der Waals surface area contributed by atoms with Crippen molar-refractivity contribution in [2.75, 3.05) is 45.8 Å². The van der Waals surface area contributed by atoms with Crippen LogP contribution in [0.5, 0.6) is 0 Å². The third-order valence-corrected chi connectivity index (χ3v) is 2.88. The number of carbonyl (C=O) groups is 1. The molecular weight excluding hydrogens is 259 g/mol. The second-order valence-electron chi connectivity index (χ2n) is 5.31. The Balaban J connectivity index is 2.54. The molecule has 1 amide bonds. The Bertz CT molecular complexity index is 288. The van der Waals surface area contributed by atoms with Gasteiger partial charge in [0.05, 0.1) is 6.54 Å². The van der Waals surface area contributed by atoms with Gasteiger partial charge in [-0.3, -0.25) is 9.69 Å². The van der Waals surface area contributed by atoms with E-state index in [-0.39, 0.29) is 19.0 Å². The average Bonchev–Trinajstić information content (AvgIpc) is 2.27. The first-order valence-electron chi connectivity index (χ1n) is 6.55. The predicted molar refractivity (Wildman–Crippen MR) is 66.8 cm³/mol. The second-order valence-corrected chi connectivity index (χ2v) is 5.31. The zero-order chi connectivity index (χ0) is 14.5. The maximum atomic E-state index is 12.5. The number of alkyl halides is 3. The summed E-state index contributed by atoms with van der Waals surface area (Å²) in [5.41, 5.74) is 0. The first kappa shape index (κ1) is 16.2. The lowest BCUT2D eigenvalue weighted by atomic mass is 10.2. The molecule has 1 aliphatic rings. The number of halogens is 3. The quantitative estimate of drug-likeness (QED) is 0.814. The molecule has 0 spiro atoms. The highest BCUT2D eigenvalue weighted by Crippen LogP contribution is 2.17. The number of nitrogens with zero attached hydrogens (tertiary/aromatic N) is 2. The van der Waals surface area contributed by atoms with Crippen molar-refractivity contribution in [1.29, 1.82) is 0 Å². The highest BCUT2D eigenvalue weighted by Gasteiger charge is 2.33. The molecule has 1 saturated heterocycles. The molecule has 0 saturated carbocycles. The number of amides is 1. The fraction of sp³-hybridized carbons (Fsp3) is 0.917. The van der Waals surface area contributed by atoms with Crippen molar-refractivity contribution in [3.05, 3.63) is 0 Å². The zero-order valence-electron chi connectivity index (χ0n) is 11.5. The van der Waals surface area contributed by atoms with E-state index in [1.807, 2.05) is 18.7 Å². The van der Waals surface area contributed by atoms with Crippen molar-refractivity contribution < 1.29 is 18.0 Å². The van der Waals surface area contributed by atoms with Crippen LogP contribution < -0.4 is 5.32 Å². The second kappa shape index (κ2) is 7.09. The largest absolute Gasteiger partial charge is 0.406 e. The summed E-state index contributed by atoms with van der Waals surface area (Å²) in [6.45, 7) is 5.63. The standard InChI is InChI=1S/C12H22F3N3O/c1-10(2)7-18(9-12(13,14)15)11(19)8-17-5-3-16-4-6-17/h10,16H,3-9H2,1-2H3. The summed E-state index contributed by atoms with van der Waals surface area (Å²) in [7, 11) is 0. The van der Waals surface area contributed by atoms with Gasteiger partial charge in [-0.25, -0.2) is 0 Å². The highest BCUT2D eigenvalue weighted by atomic mass is 19.4. The van der Waals surface area contributed by atoms with Crippen LogP contribution in [0.2, 0.25) is 0 Å². The maximum absolute atomic E-state index is 12.5. The Labute approximate surface area is 111 Å². The number of hydrogen-bond acceptors (Lipinski definition) is 3. The first-order valence-corrected chi connectivity index (χ1v) is 6.55. The van der Waals surface area contributed by atoms with Crippen LogP contribution in [0.25, 0.3) is 0 Å². The van der Waals surface area contributed by atoms with Gasteiger partial charge in [-0.15, -0.1) is 0 Å². The Morgan fingerprint density at radius 2 is 1.89 bits per heavy atom. The molecule has 0 bridgehead atoms. The smallest absolute Gasteiger partial charge is 0.332 e. The van der Waals surface area contributed by atoms with Crippen LogP contribution in [0.15, 0.2) is 0 Å². The summed E-state index contributed by atoms with van der Waals surface area (Å²) in [6.07, 6.45) is -4.34. The topological polar surface area (TPSA) is 35.6 Å². The summed E-state index contributed by atoms with van der Waals surface area (Å²) in [5, 5.41) is 3.14. The molecule has 1 N–H and O–H groups in total. The van der Waals surface area contributed by atoms with Crippen molar-refractivity contribution in [2.45, 2.75) is 20.0 Å². The van der Waals surface area contributed by atoms with E-state index in [2.05, 4.69) is 5.32 Å². The van der Waals surface area contributed by atoms with E-state index in [4.69, 9.17) is 0 Å². The van der Waals surface area contributed by atoms with E-state index in [1.165, 1.54) is 0 Å². The van der Waals surface area contributed by atoms with Gasteiger partial charge >= 0.3 is 6.18 Å². The van der Waals surface area contributed by atoms with Crippen LogP contribution in [0.3, 0.4) is 0 Å². The van der Waals surface area contributed by atoms with E-state index in [0.29, 0.717) is 13.1 Å². The molecule has 0 unspecified atom stereocenters. The van der Waals surface area contributed by atoms with Crippen molar-refractivity contribution in [3.63, 3.8) is 0 Å². The summed E-state index contributed by atoms with van der Waals surface area (Å²) in [6, 6.07) is 0. The van der Waals surface area contributed by atoms with Gasteiger partial charge < -0.3 is 10.2 Å². The molecule has 1 aliphatic heterocycles. The Kier molecular flexibility index (Phi) is 6.06. The Morgan fingerprint density at radius 3 is 2.37 bits per heavy atom. The molecule has 19 heavy (non-hydrogen) atoms. The molecule has 0 aliphatic carbocycles. The lowest BCUT2D eigenvalue weighted by Gasteiger charge is -2.31. The van der Waals surface area contributed by atoms with Crippen LogP contribution in [0.4, 0.5) is 13.2 Å². The number of hydrogen-bond donors (Lipinski definition) is 1. The summed E-state index contributed by atoms with van der Waals surface area (Å²) in [4.78, 5) is 14.8. The first-order chi connectivity index (χ1) is 8.78. The monoisotopic (exact) mass is 281 g/mol. The summed E-state index contributed by atoms with van der Waals surface area (Å²) < 4.78 is 37.4. The molecule has 0 radical (unpaired) electrons. The van der Waals surface area contributed by atoms with Crippen LogP contribution in [-0.2, 0) is 4.79 Å². The lowest BCUT2D eigenvalue weighted by molar-refractivity contribution is -0.162. The van der Waals surface area contributed by atoms with Crippen LogP contribution >= 0.6 is 0 Å². The minimum Gasteiger partial charge on any atom is -0.332 e. The number of piperazine rings is 1. The zero-order valence-corrected chi connectivity index (χ0v) is 11.5. The fourth-order valence-electron chi connectivity index (χ4n) is 2.07. The molecule has 7 heteroatoms. The van der Waals surface area contributed by atoms with Crippen molar-refractivity contribution in [2.24, 2.45) is 5.92 Å². The number of rotatable bonds is 5. The maximum Gasteiger partial charge on any atom is 0.406 e. The van der Waals surface area contributed by atoms with E-state index >= 15 is 0 Å². The van der Waals surface area contributed by atoms with Gasteiger partial charge in [0.1, 0.15) is 6.54 Å². The normalized spacial score (nSPS) is 17.8. The van der Waals surface area contributed by atoms with E-state index in [0.717, 1.165) is 18.0 Å². The molecule has 1 heterocycles. The van der Waals surface area contributed by atoms with Gasteiger partial charge in [-0.2, -0.15) is 13.2 Å². The highest BCUT2D eigenvalue weighted by molar-refractivity contribution is 5.78. The van der Waals surface area contributed by atoms with Crippen molar-refractivity contribution in [1.82, 2.24) is 15.1 Å². The molecule has 0 atom stereocenters.